The average molecular weight is 281 g/mol. The molecule has 0 saturated carbocycles. The molecule has 0 fully saturated rings. The topological polar surface area (TPSA) is 52.0 Å². The van der Waals surface area contributed by atoms with Crippen LogP contribution in [0.2, 0.25) is 10.0 Å². The zero-order valence-corrected chi connectivity index (χ0v) is 11.7. The van der Waals surface area contributed by atoms with E-state index in [2.05, 4.69) is 0 Å². The van der Waals surface area contributed by atoms with E-state index in [1.165, 1.54) is 0 Å². The molecular formula is C14H14Cl2N2. The van der Waals surface area contributed by atoms with Crippen molar-refractivity contribution in [3.05, 3.63) is 45.4 Å². The number of nitrogens with two attached hydrogens (primary N) is 2. The first-order valence-corrected chi connectivity index (χ1v) is 6.27. The van der Waals surface area contributed by atoms with E-state index in [0.717, 1.165) is 22.3 Å². The van der Waals surface area contributed by atoms with Gasteiger partial charge in [-0.25, -0.2) is 0 Å². The van der Waals surface area contributed by atoms with Crippen LogP contribution in [0.4, 0.5) is 11.4 Å². The van der Waals surface area contributed by atoms with Gasteiger partial charge in [0, 0.05) is 0 Å². The summed E-state index contributed by atoms with van der Waals surface area (Å²) in [6.07, 6.45) is 0. The molecule has 4 N–H and O–H groups in total. The normalized spacial score (nSPS) is 10.7. The maximum atomic E-state index is 6.08. The van der Waals surface area contributed by atoms with Crippen LogP contribution in [-0.4, -0.2) is 0 Å². The summed E-state index contributed by atoms with van der Waals surface area (Å²) >= 11 is 12.2. The van der Waals surface area contributed by atoms with Crippen LogP contribution in [0, 0.1) is 13.8 Å². The molecular weight excluding hydrogens is 267 g/mol. The molecule has 0 aromatic heterocycles. The highest BCUT2D eigenvalue weighted by molar-refractivity contribution is 6.34. The van der Waals surface area contributed by atoms with Gasteiger partial charge in [0.05, 0.1) is 21.4 Å². The Morgan fingerprint density at radius 2 is 1.06 bits per heavy atom. The molecule has 2 nitrogen and oxygen atoms in total. The van der Waals surface area contributed by atoms with E-state index in [1.54, 1.807) is 0 Å². The molecule has 0 atom stereocenters. The van der Waals surface area contributed by atoms with Gasteiger partial charge in [0.2, 0.25) is 0 Å². The second-order valence-electron chi connectivity index (χ2n) is 4.38. The zero-order chi connectivity index (χ0) is 13.4. The van der Waals surface area contributed by atoms with Crippen LogP contribution < -0.4 is 11.5 Å². The summed E-state index contributed by atoms with van der Waals surface area (Å²) in [6.45, 7) is 3.98. The predicted octanol–water partition coefficient (Wildman–Crippen LogP) is 4.44. The van der Waals surface area contributed by atoms with Gasteiger partial charge in [0.25, 0.3) is 0 Å². The lowest BCUT2D eigenvalue weighted by molar-refractivity contribution is 1.41. The molecule has 94 valence electrons. The fourth-order valence-electron chi connectivity index (χ4n) is 1.99. The number of benzene rings is 2. The summed E-state index contributed by atoms with van der Waals surface area (Å²) in [4.78, 5) is 0. The van der Waals surface area contributed by atoms with Crippen molar-refractivity contribution in [3.8, 4) is 11.1 Å². The maximum Gasteiger partial charge on any atom is 0.0641 e. The van der Waals surface area contributed by atoms with Crippen molar-refractivity contribution in [1.82, 2.24) is 0 Å². The third-order valence-corrected chi connectivity index (χ3v) is 3.63. The van der Waals surface area contributed by atoms with Crippen molar-refractivity contribution in [1.29, 1.82) is 0 Å². The van der Waals surface area contributed by atoms with Gasteiger partial charge in [-0.15, -0.1) is 0 Å². The van der Waals surface area contributed by atoms with Gasteiger partial charge < -0.3 is 11.5 Å². The van der Waals surface area contributed by atoms with Crippen LogP contribution >= 0.6 is 23.2 Å². The first-order valence-electron chi connectivity index (χ1n) is 5.51. The summed E-state index contributed by atoms with van der Waals surface area (Å²) < 4.78 is 0. The van der Waals surface area contributed by atoms with E-state index in [4.69, 9.17) is 34.7 Å². The molecule has 0 amide bonds. The first-order chi connectivity index (χ1) is 8.40. The zero-order valence-electron chi connectivity index (χ0n) is 10.2. The Morgan fingerprint density at radius 1 is 0.722 bits per heavy atom. The standard InChI is InChI=1S/C14H14Cl2N2/c1-7-3-13(17)11(15)5-9(7)10-6-12(16)14(18)4-8(10)2/h3-6H,17-18H2,1-2H3. The highest BCUT2D eigenvalue weighted by Gasteiger charge is 2.10. The summed E-state index contributed by atoms with van der Waals surface area (Å²) in [5.41, 5.74) is 16.9. The minimum absolute atomic E-state index is 0.544. The van der Waals surface area contributed by atoms with E-state index >= 15 is 0 Å². The van der Waals surface area contributed by atoms with Crippen LogP contribution in [0.3, 0.4) is 0 Å². The Morgan fingerprint density at radius 3 is 1.39 bits per heavy atom. The van der Waals surface area contributed by atoms with Crippen LogP contribution in [0.25, 0.3) is 11.1 Å². The molecule has 0 unspecified atom stereocenters. The molecule has 0 spiro atoms. The number of hydrogen-bond donors (Lipinski definition) is 2. The van der Waals surface area contributed by atoms with Crippen LogP contribution in [0.1, 0.15) is 11.1 Å². The summed E-state index contributed by atoms with van der Waals surface area (Å²) in [6, 6.07) is 7.45. The highest BCUT2D eigenvalue weighted by Crippen LogP contribution is 2.35. The lowest BCUT2D eigenvalue weighted by Gasteiger charge is -2.13. The second-order valence-corrected chi connectivity index (χ2v) is 5.19. The van der Waals surface area contributed by atoms with E-state index in [9.17, 15) is 0 Å². The van der Waals surface area contributed by atoms with Gasteiger partial charge in [-0.05, 0) is 60.4 Å². The minimum Gasteiger partial charge on any atom is -0.398 e. The first kappa shape index (κ1) is 13.1. The van der Waals surface area contributed by atoms with Crippen LogP contribution in [0.15, 0.2) is 24.3 Å². The van der Waals surface area contributed by atoms with Gasteiger partial charge in [0.15, 0.2) is 0 Å². The molecule has 0 radical (unpaired) electrons. The average Bonchev–Trinajstić information content (AvgIpc) is 2.29. The van der Waals surface area contributed by atoms with E-state index in [1.807, 2.05) is 38.1 Å². The van der Waals surface area contributed by atoms with Gasteiger partial charge in [-0.1, -0.05) is 23.2 Å². The second kappa shape index (κ2) is 4.71. The summed E-state index contributed by atoms with van der Waals surface area (Å²) in [5, 5.41) is 1.09. The van der Waals surface area contributed by atoms with Gasteiger partial charge >= 0.3 is 0 Å². The smallest absolute Gasteiger partial charge is 0.0641 e. The van der Waals surface area contributed by atoms with Crippen molar-refractivity contribution < 1.29 is 0 Å². The fraction of sp³-hybridized carbons (Fsp3) is 0.143. The Balaban J connectivity index is 2.69. The molecule has 0 aliphatic carbocycles. The van der Waals surface area contributed by atoms with Crippen molar-refractivity contribution in [2.24, 2.45) is 0 Å². The number of rotatable bonds is 1. The Bertz CT molecular complexity index is 566. The Hall–Kier alpha value is -1.38. The third kappa shape index (κ3) is 2.26. The van der Waals surface area contributed by atoms with Crippen molar-refractivity contribution in [2.45, 2.75) is 13.8 Å². The number of aryl methyl sites for hydroxylation is 2. The molecule has 2 rings (SSSR count). The lowest BCUT2D eigenvalue weighted by Crippen LogP contribution is -1.94. The monoisotopic (exact) mass is 280 g/mol. The fourth-order valence-corrected chi connectivity index (χ4v) is 2.32. The minimum atomic E-state index is 0.544. The molecule has 0 heterocycles. The molecule has 0 aliphatic heterocycles. The molecule has 2 aromatic rings. The molecule has 18 heavy (non-hydrogen) atoms. The molecule has 0 saturated heterocycles. The number of nitrogen functional groups attached to an aromatic ring is 2. The molecule has 4 heteroatoms. The highest BCUT2D eigenvalue weighted by atomic mass is 35.5. The maximum absolute atomic E-state index is 6.08. The quantitative estimate of drug-likeness (QED) is 0.759. The Labute approximate surface area is 117 Å². The summed E-state index contributed by atoms with van der Waals surface area (Å²) in [7, 11) is 0. The van der Waals surface area contributed by atoms with Gasteiger partial charge in [-0.3, -0.25) is 0 Å². The Kier molecular flexibility index (Phi) is 3.42. The van der Waals surface area contributed by atoms with Crippen molar-refractivity contribution >= 4 is 34.6 Å². The molecule has 0 bridgehead atoms. The molecule has 0 aliphatic rings. The van der Waals surface area contributed by atoms with Crippen molar-refractivity contribution in [3.63, 3.8) is 0 Å². The lowest BCUT2D eigenvalue weighted by atomic mass is 9.96. The molecule has 2 aromatic carbocycles. The third-order valence-electron chi connectivity index (χ3n) is 2.98. The number of anilines is 2. The van der Waals surface area contributed by atoms with Crippen molar-refractivity contribution in [2.75, 3.05) is 11.5 Å². The number of halogens is 2. The van der Waals surface area contributed by atoms with E-state index in [-0.39, 0.29) is 0 Å². The van der Waals surface area contributed by atoms with Gasteiger partial charge in [-0.2, -0.15) is 0 Å². The summed E-state index contributed by atoms with van der Waals surface area (Å²) in [5.74, 6) is 0. The number of hydrogen-bond acceptors (Lipinski definition) is 2. The van der Waals surface area contributed by atoms with E-state index < -0.39 is 0 Å². The van der Waals surface area contributed by atoms with E-state index in [0.29, 0.717) is 21.4 Å². The largest absolute Gasteiger partial charge is 0.398 e. The SMILES string of the molecule is Cc1cc(N)c(Cl)cc1-c1cc(Cl)c(N)cc1C. The van der Waals surface area contributed by atoms with Gasteiger partial charge in [0.1, 0.15) is 0 Å². The predicted molar refractivity (Wildman–Crippen MR) is 80.2 cm³/mol. The van der Waals surface area contributed by atoms with Crippen LogP contribution in [0.5, 0.6) is 0 Å². The van der Waals surface area contributed by atoms with Crippen LogP contribution in [-0.2, 0) is 0 Å².